The monoisotopic (exact) mass is 844 g/mol. The number of halogens is 4. The predicted molar refractivity (Wildman–Crippen MR) is 189 cm³/mol. The zero-order valence-electron chi connectivity index (χ0n) is 25.9. The molecule has 2 aromatic carbocycles. The largest absolute Gasteiger partial charge is 0.493 e. The maximum atomic E-state index is 5.41. The Bertz CT molecular complexity index is 877. The Morgan fingerprint density at radius 1 is 0.476 bits per heavy atom. The van der Waals surface area contributed by atoms with Crippen molar-refractivity contribution in [3.63, 3.8) is 0 Å². The van der Waals surface area contributed by atoms with Crippen LogP contribution in [0.4, 0.5) is 0 Å². The van der Waals surface area contributed by atoms with Crippen LogP contribution >= 0.6 is 63.7 Å². The third kappa shape index (κ3) is 13.4. The van der Waals surface area contributed by atoms with Crippen molar-refractivity contribution >= 4 is 63.7 Å². The number of methoxy groups -OCH3 is 6. The molecular formula is C32H48Br4O6. The lowest BCUT2D eigenvalue weighted by Gasteiger charge is -2.17. The first-order valence-corrected chi connectivity index (χ1v) is 18.7. The minimum Gasteiger partial charge on any atom is -0.493 e. The normalized spacial score (nSPS) is 12.0. The summed E-state index contributed by atoms with van der Waals surface area (Å²) in [5.41, 5.74) is 2.43. The van der Waals surface area contributed by atoms with Crippen molar-refractivity contribution in [3.8, 4) is 34.5 Å². The average Bonchev–Trinajstić information content (AvgIpc) is 3.02. The van der Waals surface area contributed by atoms with Gasteiger partial charge in [-0.15, -0.1) is 0 Å². The standard InChI is InChI=1S/2C16H24Br2O3/c2*1-19-14-9-13(10-15(20-2)16(14)21-3)8-12(11-18)6-4-5-7-17/h2*9-10,12H,4-8,11H2,1-3H3/t2*12-/m10/s1. The Balaban J connectivity index is 0.000000420. The lowest BCUT2D eigenvalue weighted by molar-refractivity contribution is 0.323. The SMILES string of the molecule is COc1cc(C[C@@H](CBr)CCCCBr)cc(OC)c1OC.COc1cc(C[C@H](CBr)CCCCBr)cc(OC)c1OC. The molecule has 2 atom stereocenters. The van der Waals surface area contributed by atoms with E-state index in [0.29, 0.717) is 23.3 Å². The highest BCUT2D eigenvalue weighted by Gasteiger charge is 2.17. The molecular weight excluding hydrogens is 800 g/mol. The van der Waals surface area contributed by atoms with Crippen LogP contribution in [0.1, 0.15) is 49.7 Å². The summed E-state index contributed by atoms with van der Waals surface area (Å²) in [6, 6.07) is 8.17. The first-order valence-electron chi connectivity index (χ1n) is 14.2. The van der Waals surface area contributed by atoms with Gasteiger partial charge in [-0.05, 0) is 85.8 Å². The highest BCUT2D eigenvalue weighted by Crippen LogP contribution is 2.40. The summed E-state index contributed by atoms with van der Waals surface area (Å²) < 4.78 is 32.4. The van der Waals surface area contributed by atoms with Crippen LogP contribution in [-0.4, -0.2) is 64.0 Å². The van der Waals surface area contributed by atoms with Gasteiger partial charge in [0.2, 0.25) is 11.5 Å². The molecule has 240 valence electrons. The summed E-state index contributed by atoms with van der Waals surface area (Å²) >= 11 is 14.2. The van der Waals surface area contributed by atoms with Gasteiger partial charge in [-0.1, -0.05) is 76.6 Å². The predicted octanol–water partition coefficient (Wildman–Crippen LogP) is 9.66. The maximum Gasteiger partial charge on any atom is 0.203 e. The second kappa shape index (κ2) is 23.5. The quantitative estimate of drug-likeness (QED) is 0.0978. The third-order valence-electron chi connectivity index (χ3n) is 6.93. The second-order valence-corrected chi connectivity index (χ2v) is 12.8. The van der Waals surface area contributed by atoms with E-state index < -0.39 is 0 Å². The minimum atomic E-state index is 0.617. The highest BCUT2D eigenvalue weighted by atomic mass is 79.9. The van der Waals surface area contributed by atoms with Crippen molar-refractivity contribution in [3.05, 3.63) is 35.4 Å². The summed E-state index contributed by atoms with van der Waals surface area (Å²) in [6.07, 6.45) is 9.37. The molecule has 0 unspecified atom stereocenters. The molecule has 6 nitrogen and oxygen atoms in total. The lowest BCUT2D eigenvalue weighted by atomic mass is 9.95. The van der Waals surface area contributed by atoms with Crippen LogP contribution in [0.25, 0.3) is 0 Å². The van der Waals surface area contributed by atoms with E-state index in [1.165, 1.54) is 49.7 Å². The van der Waals surface area contributed by atoms with Crippen LogP contribution < -0.4 is 28.4 Å². The Morgan fingerprint density at radius 3 is 1.00 bits per heavy atom. The molecule has 0 aliphatic rings. The molecule has 10 heteroatoms. The van der Waals surface area contributed by atoms with E-state index in [1.807, 2.05) is 24.3 Å². The molecule has 0 heterocycles. The van der Waals surface area contributed by atoms with Crippen LogP contribution in [0.5, 0.6) is 34.5 Å². The van der Waals surface area contributed by atoms with E-state index >= 15 is 0 Å². The van der Waals surface area contributed by atoms with Crippen LogP contribution in [-0.2, 0) is 12.8 Å². The van der Waals surface area contributed by atoms with Gasteiger partial charge in [-0.25, -0.2) is 0 Å². The maximum absolute atomic E-state index is 5.41. The minimum absolute atomic E-state index is 0.617. The number of rotatable bonds is 20. The van der Waals surface area contributed by atoms with Crippen LogP contribution in [0.15, 0.2) is 24.3 Å². The number of unbranched alkanes of at least 4 members (excludes halogenated alkanes) is 2. The molecule has 0 saturated heterocycles. The molecule has 0 aliphatic carbocycles. The van der Waals surface area contributed by atoms with Gasteiger partial charge in [0, 0.05) is 21.3 Å². The van der Waals surface area contributed by atoms with E-state index in [0.717, 1.165) is 57.2 Å². The van der Waals surface area contributed by atoms with E-state index in [1.54, 1.807) is 42.7 Å². The molecule has 42 heavy (non-hydrogen) atoms. The average molecular weight is 848 g/mol. The number of hydrogen-bond donors (Lipinski definition) is 0. The Labute approximate surface area is 287 Å². The smallest absolute Gasteiger partial charge is 0.203 e. The zero-order chi connectivity index (χ0) is 31.3. The first-order chi connectivity index (χ1) is 20.4. The molecule has 0 aromatic heterocycles. The van der Waals surface area contributed by atoms with Gasteiger partial charge in [0.1, 0.15) is 0 Å². The van der Waals surface area contributed by atoms with E-state index in [4.69, 9.17) is 28.4 Å². The van der Waals surface area contributed by atoms with Gasteiger partial charge >= 0.3 is 0 Å². The first kappa shape index (κ1) is 39.2. The van der Waals surface area contributed by atoms with E-state index in [9.17, 15) is 0 Å². The Morgan fingerprint density at radius 2 is 0.786 bits per heavy atom. The molecule has 0 N–H and O–H groups in total. The molecule has 0 fully saturated rings. The zero-order valence-corrected chi connectivity index (χ0v) is 32.3. The van der Waals surface area contributed by atoms with Gasteiger partial charge in [-0.2, -0.15) is 0 Å². The third-order valence-corrected chi connectivity index (χ3v) is 9.88. The van der Waals surface area contributed by atoms with Gasteiger partial charge in [0.05, 0.1) is 42.7 Å². The molecule has 2 aromatic rings. The van der Waals surface area contributed by atoms with Crippen LogP contribution in [0.2, 0.25) is 0 Å². The lowest BCUT2D eigenvalue weighted by Crippen LogP contribution is -2.07. The summed E-state index contributed by atoms with van der Waals surface area (Å²) in [5, 5.41) is 4.16. The van der Waals surface area contributed by atoms with Crippen molar-refractivity contribution in [2.45, 2.75) is 51.4 Å². The Hall–Kier alpha value is -0.840. The molecule has 0 amide bonds. The molecule has 0 saturated carbocycles. The summed E-state index contributed by atoms with van der Waals surface area (Å²) in [7, 11) is 9.86. The van der Waals surface area contributed by atoms with Crippen molar-refractivity contribution in [1.29, 1.82) is 0 Å². The summed E-state index contributed by atoms with van der Waals surface area (Å²) in [4.78, 5) is 0. The van der Waals surface area contributed by atoms with Gasteiger partial charge in [0.15, 0.2) is 23.0 Å². The number of alkyl halides is 4. The summed E-state index contributed by atoms with van der Waals surface area (Å²) in [5.74, 6) is 5.43. The van der Waals surface area contributed by atoms with Crippen molar-refractivity contribution in [2.75, 3.05) is 64.0 Å². The van der Waals surface area contributed by atoms with E-state index in [2.05, 4.69) is 63.7 Å². The molecule has 0 radical (unpaired) electrons. The van der Waals surface area contributed by atoms with Crippen molar-refractivity contribution in [2.24, 2.45) is 11.8 Å². The van der Waals surface area contributed by atoms with Crippen molar-refractivity contribution < 1.29 is 28.4 Å². The molecule has 2 rings (SSSR count). The van der Waals surface area contributed by atoms with Crippen LogP contribution in [0.3, 0.4) is 0 Å². The molecule has 0 aliphatic heterocycles. The fourth-order valence-corrected chi connectivity index (χ4v) is 6.59. The molecule has 0 spiro atoms. The number of hydrogen-bond acceptors (Lipinski definition) is 6. The van der Waals surface area contributed by atoms with Crippen molar-refractivity contribution in [1.82, 2.24) is 0 Å². The summed E-state index contributed by atoms with van der Waals surface area (Å²) in [6.45, 7) is 0. The fraction of sp³-hybridized carbons (Fsp3) is 0.625. The van der Waals surface area contributed by atoms with Crippen LogP contribution in [0, 0.1) is 11.8 Å². The van der Waals surface area contributed by atoms with Gasteiger partial charge < -0.3 is 28.4 Å². The highest BCUT2D eigenvalue weighted by molar-refractivity contribution is 9.09. The van der Waals surface area contributed by atoms with E-state index in [-0.39, 0.29) is 0 Å². The fourth-order valence-electron chi connectivity index (χ4n) is 4.70. The number of benzene rings is 2. The molecule has 0 bridgehead atoms. The number of ether oxygens (including phenoxy) is 6. The van der Waals surface area contributed by atoms with Gasteiger partial charge in [-0.3, -0.25) is 0 Å². The second-order valence-electron chi connectivity index (χ2n) is 9.89. The van der Waals surface area contributed by atoms with Gasteiger partial charge in [0.25, 0.3) is 0 Å². The Kier molecular flexibility index (Phi) is 22.0. The topological polar surface area (TPSA) is 55.4 Å².